The lowest BCUT2D eigenvalue weighted by Crippen LogP contribution is -2.37. The van der Waals surface area contributed by atoms with Gasteiger partial charge in [-0.05, 0) is 38.4 Å². The molecular weight excluding hydrogens is 268 g/mol. The highest BCUT2D eigenvalue weighted by Gasteiger charge is 2.22. The van der Waals surface area contributed by atoms with Gasteiger partial charge in [0.25, 0.3) is 5.89 Å². The standard InChI is InChI=1S/C15H18N4O2/c1-10-17-15(21-19-10)12-6-2-3-7-13(12)18-14(20)11-5-4-8-16-9-11/h2-3,6-7,11,16H,4-5,8-9H2,1H3,(H,18,20)/t11-/m1/s1. The molecule has 1 aliphatic heterocycles. The van der Waals surface area contributed by atoms with Gasteiger partial charge in [0.15, 0.2) is 5.82 Å². The number of nitrogens with one attached hydrogen (secondary N) is 2. The van der Waals surface area contributed by atoms with Gasteiger partial charge in [0.1, 0.15) is 0 Å². The van der Waals surface area contributed by atoms with Gasteiger partial charge in [-0.1, -0.05) is 17.3 Å². The van der Waals surface area contributed by atoms with Crippen molar-refractivity contribution in [2.75, 3.05) is 18.4 Å². The van der Waals surface area contributed by atoms with E-state index < -0.39 is 0 Å². The van der Waals surface area contributed by atoms with Gasteiger partial charge >= 0.3 is 0 Å². The molecule has 1 aromatic carbocycles. The van der Waals surface area contributed by atoms with E-state index in [9.17, 15) is 4.79 Å². The fourth-order valence-electron chi connectivity index (χ4n) is 2.50. The van der Waals surface area contributed by atoms with Crippen molar-refractivity contribution in [3.05, 3.63) is 30.1 Å². The number of hydrogen-bond donors (Lipinski definition) is 2. The number of aryl methyl sites for hydroxylation is 1. The van der Waals surface area contributed by atoms with Crippen LogP contribution >= 0.6 is 0 Å². The Morgan fingerprint density at radius 2 is 2.29 bits per heavy atom. The molecule has 2 N–H and O–H groups in total. The maximum Gasteiger partial charge on any atom is 0.260 e. The third-order valence-electron chi connectivity index (χ3n) is 3.61. The van der Waals surface area contributed by atoms with Gasteiger partial charge in [-0.3, -0.25) is 4.79 Å². The number of benzene rings is 1. The fraction of sp³-hybridized carbons (Fsp3) is 0.400. The second kappa shape index (κ2) is 6.05. The Kier molecular flexibility index (Phi) is 3.96. The molecule has 3 rings (SSSR count). The summed E-state index contributed by atoms with van der Waals surface area (Å²) in [7, 11) is 0. The van der Waals surface area contributed by atoms with Gasteiger partial charge in [-0.15, -0.1) is 0 Å². The molecule has 1 saturated heterocycles. The van der Waals surface area contributed by atoms with E-state index in [1.165, 1.54) is 0 Å². The van der Waals surface area contributed by atoms with Crippen LogP contribution in [0.4, 0.5) is 5.69 Å². The molecule has 1 amide bonds. The summed E-state index contributed by atoms with van der Waals surface area (Å²) in [5, 5.41) is 10.0. The zero-order chi connectivity index (χ0) is 14.7. The number of rotatable bonds is 3. The lowest BCUT2D eigenvalue weighted by atomic mass is 9.98. The van der Waals surface area contributed by atoms with Crippen molar-refractivity contribution in [3.63, 3.8) is 0 Å². The topological polar surface area (TPSA) is 80.0 Å². The summed E-state index contributed by atoms with van der Waals surface area (Å²) in [6, 6.07) is 7.47. The third kappa shape index (κ3) is 3.11. The number of anilines is 1. The van der Waals surface area contributed by atoms with Gasteiger partial charge in [0.2, 0.25) is 5.91 Å². The molecule has 1 fully saturated rings. The van der Waals surface area contributed by atoms with E-state index in [2.05, 4.69) is 20.8 Å². The minimum Gasteiger partial charge on any atom is -0.334 e. The largest absolute Gasteiger partial charge is 0.334 e. The quantitative estimate of drug-likeness (QED) is 0.902. The number of piperidine rings is 1. The highest BCUT2D eigenvalue weighted by molar-refractivity contribution is 5.96. The summed E-state index contributed by atoms with van der Waals surface area (Å²) < 4.78 is 5.19. The Balaban J connectivity index is 1.80. The molecule has 0 unspecified atom stereocenters. The molecule has 1 aliphatic rings. The van der Waals surface area contributed by atoms with Gasteiger partial charge in [0.05, 0.1) is 17.2 Å². The minimum atomic E-state index is 0.0104. The minimum absolute atomic E-state index is 0.0104. The molecule has 1 atom stereocenters. The normalized spacial score (nSPS) is 18.4. The molecule has 110 valence electrons. The van der Waals surface area contributed by atoms with Gasteiger partial charge < -0.3 is 15.2 Å². The summed E-state index contributed by atoms with van der Waals surface area (Å²) in [4.78, 5) is 16.6. The fourth-order valence-corrected chi connectivity index (χ4v) is 2.50. The van der Waals surface area contributed by atoms with E-state index in [1.54, 1.807) is 6.92 Å². The van der Waals surface area contributed by atoms with E-state index in [1.807, 2.05) is 24.3 Å². The molecule has 2 aromatic rings. The van der Waals surface area contributed by atoms with Crippen LogP contribution in [0.25, 0.3) is 11.5 Å². The molecule has 0 saturated carbocycles. The Hall–Kier alpha value is -2.21. The Bertz CT molecular complexity index is 632. The average molecular weight is 286 g/mol. The lowest BCUT2D eigenvalue weighted by Gasteiger charge is -2.22. The van der Waals surface area contributed by atoms with Crippen molar-refractivity contribution >= 4 is 11.6 Å². The van der Waals surface area contributed by atoms with Crippen LogP contribution in [0.3, 0.4) is 0 Å². The maximum atomic E-state index is 12.3. The van der Waals surface area contributed by atoms with E-state index in [0.29, 0.717) is 17.4 Å². The molecule has 0 bridgehead atoms. The monoisotopic (exact) mass is 286 g/mol. The average Bonchev–Trinajstić information content (AvgIpc) is 2.95. The third-order valence-corrected chi connectivity index (χ3v) is 3.61. The second-order valence-corrected chi connectivity index (χ2v) is 5.22. The van der Waals surface area contributed by atoms with Crippen LogP contribution < -0.4 is 10.6 Å². The molecule has 0 radical (unpaired) electrons. The maximum absolute atomic E-state index is 12.3. The van der Waals surface area contributed by atoms with E-state index >= 15 is 0 Å². The Morgan fingerprint density at radius 1 is 1.43 bits per heavy atom. The summed E-state index contributed by atoms with van der Waals surface area (Å²) in [5.41, 5.74) is 1.45. The van der Waals surface area contributed by atoms with Crippen molar-refractivity contribution in [2.24, 2.45) is 5.92 Å². The zero-order valence-electron chi connectivity index (χ0n) is 11.9. The summed E-state index contributed by atoms with van der Waals surface area (Å²) >= 11 is 0. The molecule has 6 nitrogen and oxygen atoms in total. The molecular formula is C15H18N4O2. The number of para-hydroxylation sites is 1. The van der Waals surface area contributed by atoms with Crippen LogP contribution in [0, 0.1) is 12.8 Å². The molecule has 0 spiro atoms. The van der Waals surface area contributed by atoms with Gasteiger partial charge in [0, 0.05) is 6.54 Å². The first-order valence-corrected chi connectivity index (χ1v) is 7.15. The van der Waals surface area contributed by atoms with Gasteiger partial charge in [-0.25, -0.2) is 0 Å². The number of aromatic nitrogens is 2. The molecule has 6 heteroatoms. The van der Waals surface area contributed by atoms with Crippen molar-refractivity contribution in [1.29, 1.82) is 0 Å². The first-order valence-electron chi connectivity index (χ1n) is 7.15. The Morgan fingerprint density at radius 3 is 3.00 bits per heavy atom. The van der Waals surface area contributed by atoms with E-state index in [-0.39, 0.29) is 11.8 Å². The highest BCUT2D eigenvalue weighted by Crippen LogP contribution is 2.27. The van der Waals surface area contributed by atoms with Crippen LogP contribution in [0.1, 0.15) is 18.7 Å². The van der Waals surface area contributed by atoms with Crippen LogP contribution in [0.2, 0.25) is 0 Å². The Labute approximate surface area is 122 Å². The zero-order valence-corrected chi connectivity index (χ0v) is 11.9. The van der Waals surface area contributed by atoms with Crippen LogP contribution in [-0.4, -0.2) is 29.1 Å². The predicted molar refractivity (Wildman–Crippen MR) is 78.7 cm³/mol. The van der Waals surface area contributed by atoms with Crippen molar-refractivity contribution in [2.45, 2.75) is 19.8 Å². The number of carbonyl (C=O) groups is 1. The lowest BCUT2D eigenvalue weighted by molar-refractivity contribution is -0.120. The van der Waals surface area contributed by atoms with Crippen LogP contribution in [0.5, 0.6) is 0 Å². The summed E-state index contributed by atoms with van der Waals surface area (Å²) in [6.07, 6.45) is 1.95. The second-order valence-electron chi connectivity index (χ2n) is 5.22. The van der Waals surface area contributed by atoms with E-state index in [4.69, 9.17) is 4.52 Å². The number of hydrogen-bond acceptors (Lipinski definition) is 5. The molecule has 0 aliphatic carbocycles. The number of amides is 1. The summed E-state index contributed by atoms with van der Waals surface area (Å²) in [6.45, 7) is 3.48. The predicted octanol–water partition coefficient (Wildman–Crippen LogP) is 1.98. The van der Waals surface area contributed by atoms with Gasteiger partial charge in [-0.2, -0.15) is 4.98 Å². The first-order chi connectivity index (χ1) is 10.2. The number of carbonyl (C=O) groups excluding carboxylic acids is 1. The van der Waals surface area contributed by atoms with Crippen molar-refractivity contribution < 1.29 is 9.32 Å². The number of nitrogens with zero attached hydrogens (tertiary/aromatic N) is 2. The first kappa shape index (κ1) is 13.8. The molecule has 21 heavy (non-hydrogen) atoms. The summed E-state index contributed by atoms with van der Waals surface area (Å²) in [5.74, 6) is 1.04. The van der Waals surface area contributed by atoms with Crippen LogP contribution in [-0.2, 0) is 4.79 Å². The van der Waals surface area contributed by atoms with E-state index in [0.717, 1.165) is 31.5 Å². The van der Waals surface area contributed by atoms with Crippen molar-refractivity contribution in [1.82, 2.24) is 15.5 Å². The highest BCUT2D eigenvalue weighted by atomic mass is 16.5. The van der Waals surface area contributed by atoms with Crippen molar-refractivity contribution in [3.8, 4) is 11.5 Å². The molecule has 2 heterocycles. The molecule has 1 aromatic heterocycles. The SMILES string of the molecule is Cc1noc(-c2ccccc2NC(=O)[C@@H]2CCCNC2)n1. The van der Waals surface area contributed by atoms with Crippen LogP contribution in [0.15, 0.2) is 28.8 Å². The smallest absolute Gasteiger partial charge is 0.260 e.